The van der Waals surface area contributed by atoms with Gasteiger partial charge in [-0.15, -0.1) is 0 Å². The number of ether oxygens (including phenoxy) is 1. The fourth-order valence-corrected chi connectivity index (χ4v) is 0.532. The Morgan fingerprint density at radius 1 is 1.36 bits per heavy atom. The highest BCUT2D eigenvalue weighted by Crippen LogP contribution is 2.01. The Morgan fingerprint density at radius 2 is 1.86 bits per heavy atom. The van der Waals surface area contributed by atoms with Crippen LogP contribution in [0.2, 0.25) is 0 Å². The van der Waals surface area contributed by atoms with Crippen LogP contribution in [0.4, 0.5) is 0 Å². The van der Waals surface area contributed by atoms with Crippen molar-refractivity contribution in [2.45, 2.75) is 18.9 Å². The molecule has 1 saturated heterocycles. The van der Waals surface area contributed by atoms with Gasteiger partial charge in [0.05, 0.1) is 19.8 Å². The standard InChI is InChI=1S/C4H6O2.C3H8O3.CH4O/c5-4-2-1-3-6-4;4-1-3(6)2-5;1-2/h1-3H2;3-6H,1-2H2;2H,1H3. The van der Waals surface area contributed by atoms with Crippen LogP contribution >= 0.6 is 0 Å². The minimum absolute atomic E-state index is 0.0463. The average Bonchev–Trinajstić information content (AvgIpc) is 2.72. The molecule has 0 aliphatic carbocycles. The van der Waals surface area contributed by atoms with Crippen molar-refractivity contribution in [2.75, 3.05) is 26.9 Å². The minimum Gasteiger partial charge on any atom is -0.466 e. The van der Waals surface area contributed by atoms with Crippen LogP contribution in [0.15, 0.2) is 0 Å². The number of aliphatic hydroxyl groups is 4. The molecule has 1 aliphatic heterocycles. The summed E-state index contributed by atoms with van der Waals surface area (Å²) in [6.45, 7) is -0.0914. The molecule has 4 N–H and O–H groups in total. The molecule has 0 spiro atoms. The average molecular weight is 210 g/mol. The van der Waals surface area contributed by atoms with E-state index in [9.17, 15) is 4.79 Å². The molecule has 86 valence electrons. The molecule has 6 nitrogen and oxygen atoms in total. The van der Waals surface area contributed by atoms with Gasteiger partial charge >= 0.3 is 5.97 Å². The Bertz CT molecular complexity index is 115. The number of aliphatic hydroxyl groups excluding tert-OH is 4. The number of carbonyl (C=O) groups is 1. The molecule has 1 rings (SSSR count). The first-order valence-electron chi connectivity index (χ1n) is 4.20. The highest BCUT2D eigenvalue weighted by atomic mass is 16.5. The van der Waals surface area contributed by atoms with E-state index in [1.807, 2.05) is 0 Å². The molecule has 0 radical (unpaired) electrons. The lowest BCUT2D eigenvalue weighted by molar-refractivity contribution is -0.137. The summed E-state index contributed by atoms with van der Waals surface area (Å²) in [7, 11) is 1.00. The summed E-state index contributed by atoms with van der Waals surface area (Å²) in [6, 6.07) is 0. The molecule has 1 heterocycles. The fourth-order valence-electron chi connectivity index (χ4n) is 0.532. The zero-order valence-electron chi connectivity index (χ0n) is 8.22. The summed E-state index contributed by atoms with van der Waals surface area (Å²) < 4.78 is 4.51. The molecule has 0 unspecified atom stereocenters. The van der Waals surface area contributed by atoms with Crippen molar-refractivity contribution in [2.24, 2.45) is 0 Å². The van der Waals surface area contributed by atoms with Crippen molar-refractivity contribution < 1.29 is 30.0 Å². The van der Waals surface area contributed by atoms with E-state index in [2.05, 4.69) is 4.74 Å². The molecule has 0 aromatic carbocycles. The normalized spacial score (nSPS) is 13.7. The van der Waals surface area contributed by atoms with Crippen LogP contribution in [-0.2, 0) is 9.53 Å². The Labute approximate surface area is 82.8 Å². The maximum absolute atomic E-state index is 10.0. The number of hydrogen-bond donors (Lipinski definition) is 4. The molecule has 0 bridgehead atoms. The zero-order chi connectivity index (χ0) is 11.4. The maximum Gasteiger partial charge on any atom is 0.305 e. The molecule has 0 saturated carbocycles. The number of hydrogen-bond acceptors (Lipinski definition) is 6. The molecule has 0 atom stereocenters. The quantitative estimate of drug-likeness (QED) is 0.403. The highest BCUT2D eigenvalue weighted by molar-refractivity contribution is 5.70. The number of carbonyl (C=O) groups excluding carboxylic acids is 1. The van der Waals surface area contributed by atoms with E-state index in [-0.39, 0.29) is 19.2 Å². The second-order valence-electron chi connectivity index (χ2n) is 2.34. The lowest BCUT2D eigenvalue weighted by atomic mass is 10.4. The summed E-state index contributed by atoms with van der Waals surface area (Å²) in [5.74, 6) is -0.0463. The summed E-state index contributed by atoms with van der Waals surface area (Å²) in [5, 5.41) is 31.0. The lowest BCUT2D eigenvalue weighted by Crippen LogP contribution is -2.15. The van der Waals surface area contributed by atoms with Gasteiger partial charge in [0.2, 0.25) is 0 Å². The number of cyclic esters (lactones) is 1. The fraction of sp³-hybridized carbons (Fsp3) is 0.875. The van der Waals surface area contributed by atoms with Gasteiger partial charge < -0.3 is 25.2 Å². The SMILES string of the molecule is CO.O=C1CCCO1.OCC(O)CO. The molecule has 0 amide bonds. The summed E-state index contributed by atoms with van der Waals surface area (Å²) in [6.07, 6.45) is 0.587. The van der Waals surface area contributed by atoms with Crippen molar-refractivity contribution in [3.63, 3.8) is 0 Å². The summed E-state index contributed by atoms with van der Waals surface area (Å²) in [4.78, 5) is 10.0. The van der Waals surface area contributed by atoms with Gasteiger partial charge in [-0.3, -0.25) is 4.79 Å². The van der Waals surface area contributed by atoms with Gasteiger partial charge in [-0.2, -0.15) is 0 Å². The minimum atomic E-state index is -0.954. The van der Waals surface area contributed by atoms with E-state index in [1.54, 1.807) is 0 Å². The monoisotopic (exact) mass is 210 g/mol. The van der Waals surface area contributed by atoms with E-state index < -0.39 is 6.10 Å². The molecule has 1 fully saturated rings. The van der Waals surface area contributed by atoms with Crippen LogP contribution in [-0.4, -0.2) is 59.4 Å². The second-order valence-corrected chi connectivity index (χ2v) is 2.34. The van der Waals surface area contributed by atoms with Crippen LogP contribution in [0.5, 0.6) is 0 Å². The third kappa shape index (κ3) is 11.3. The van der Waals surface area contributed by atoms with Crippen LogP contribution in [0.3, 0.4) is 0 Å². The van der Waals surface area contributed by atoms with Crippen molar-refractivity contribution >= 4 is 5.97 Å². The van der Waals surface area contributed by atoms with Crippen molar-refractivity contribution in [3.8, 4) is 0 Å². The van der Waals surface area contributed by atoms with E-state index in [4.69, 9.17) is 20.4 Å². The third-order valence-electron chi connectivity index (χ3n) is 1.21. The Hall–Kier alpha value is -0.690. The first-order chi connectivity index (χ1) is 6.70. The summed E-state index contributed by atoms with van der Waals surface area (Å²) in [5.41, 5.74) is 0. The Balaban J connectivity index is 0. The van der Waals surface area contributed by atoms with Gasteiger partial charge in [0.15, 0.2) is 0 Å². The number of rotatable bonds is 2. The molecule has 0 aromatic rings. The molecule has 1 aliphatic rings. The predicted molar refractivity (Wildman–Crippen MR) is 48.5 cm³/mol. The van der Waals surface area contributed by atoms with Crippen molar-refractivity contribution in [3.05, 3.63) is 0 Å². The zero-order valence-corrected chi connectivity index (χ0v) is 8.22. The van der Waals surface area contributed by atoms with E-state index in [0.29, 0.717) is 13.0 Å². The Kier molecular flexibility index (Phi) is 13.9. The van der Waals surface area contributed by atoms with Gasteiger partial charge in [-0.1, -0.05) is 0 Å². The van der Waals surface area contributed by atoms with E-state index in [0.717, 1.165) is 13.5 Å². The van der Waals surface area contributed by atoms with Gasteiger partial charge in [-0.05, 0) is 6.42 Å². The molecule has 14 heavy (non-hydrogen) atoms. The van der Waals surface area contributed by atoms with Crippen LogP contribution in [0.1, 0.15) is 12.8 Å². The second kappa shape index (κ2) is 12.3. The van der Waals surface area contributed by atoms with Crippen LogP contribution < -0.4 is 0 Å². The Morgan fingerprint density at radius 3 is 1.93 bits per heavy atom. The van der Waals surface area contributed by atoms with Crippen LogP contribution in [0.25, 0.3) is 0 Å². The first kappa shape index (κ1) is 15.8. The predicted octanol–water partition coefficient (Wildman–Crippen LogP) is -1.74. The van der Waals surface area contributed by atoms with Crippen molar-refractivity contribution in [1.29, 1.82) is 0 Å². The third-order valence-corrected chi connectivity index (χ3v) is 1.21. The van der Waals surface area contributed by atoms with Crippen LogP contribution in [0, 0.1) is 0 Å². The molecule has 6 heteroatoms. The van der Waals surface area contributed by atoms with E-state index in [1.165, 1.54) is 0 Å². The van der Waals surface area contributed by atoms with Gasteiger partial charge in [0, 0.05) is 13.5 Å². The van der Waals surface area contributed by atoms with E-state index >= 15 is 0 Å². The largest absolute Gasteiger partial charge is 0.466 e. The van der Waals surface area contributed by atoms with Gasteiger partial charge in [-0.25, -0.2) is 0 Å². The highest BCUT2D eigenvalue weighted by Gasteiger charge is 2.08. The maximum atomic E-state index is 10.0. The van der Waals surface area contributed by atoms with Gasteiger partial charge in [0.1, 0.15) is 6.10 Å². The molecule has 0 aromatic heterocycles. The van der Waals surface area contributed by atoms with Crippen molar-refractivity contribution in [1.82, 2.24) is 0 Å². The van der Waals surface area contributed by atoms with Gasteiger partial charge in [0.25, 0.3) is 0 Å². The lowest BCUT2D eigenvalue weighted by Gasteiger charge is -1.96. The molecular formula is C8H18O6. The topological polar surface area (TPSA) is 107 Å². The summed E-state index contributed by atoms with van der Waals surface area (Å²) >= 11 is 0. The molecular weight excluding hydrogens is 192 g/mol. The smallest absolute Gasteiger partial charge is 0.305 e. The first-order valence-corrected chi connectivity index (χ1v) is 4.20. The number of esters is 1.